The number of halogens is 2. The Hall–Kier alpha value is -1.18. The quantitative estimate of drug-likeness (QED) is 0.527. The van der Waals surface area contributed by atoms with Crippen LogP contribution in [-0.2, 0) is 6.42 Å². The van der Waals surface area contributed by atoms with Gasteiger partial charge in [0.2, 0.25) is 0 Å². The van der Waals surface area contributed by atoms with Crippen molar-refractivity contribution in [1.82, 2.24) is 0 Å². The lowest BCUT2D eigenvalue weighted by Crippen LogP contribution is -2.11. The first kappa shape index (κ1) is 16.2. The summed E-state index contributed by atoms with van der Waals surface area (Å²) >= 11 is 0. The zero-order valence-corrected chi connectivity index (χ0v) is 13.0. The normalized spacial score (nSPS) is 22.0. The zero-order chi connectivity index (χ0) is 15.1. The molecule has 1 saturated carbocycles. The molecule has 116 valence electrons. The van der Waals surface area contributed by atoms with Gasteiger partial charge in [0.15, 0.2) is 0 Å². The molecule has 0 radical (unpaired) electrons. The fraction of sp³-hybridized carbons (Fsp3) is 0.579. The van der Waals surface area contributed by atoms with E-state index in [1.54, 1.807) is 0 Å². The molecule has 0 unspecified atom stereocenters. The largest absolute Gasteiger partial charge is 0.266 e. The number of allylic oxidation sites excluding steroid dienone is 1. The van der Waals surface area contributed by atoms with E-state index in [0.29, 0.717) is 5.92 Å². The Morgan fingerprint density at radius 1 is 1.05 bits per heavy atom. The summed E-state index contributed by atoms with van der Waals surface area (Å²) in [4.78, 5) is 0. The maximum atomic E-state index is 12.3. The van der Waals surface area contributed by atoms with E-state index in [2.05, 4.69) is 31.2 Å². The molecule has 2 heteroatoms. The lowest BCUT2D eigenvalue weighted by molar-refractivity contribution is 0.351. The van der Waals surface area contributed by atoms with Crippen LogP contribution in [0.4, 0.5) is 8.78 Å². The summed E-state index contributed by atoms with van der Waals surface area (Å²) in [6.45, 7) is 2.23. The molecule has 21 heavy (non-hydrogen) atoms. The van der Waals surface area contributed by atoms with E-state index in [-0.39, 0.29) is 5.92 Å². The fourth-order valence-corrected chi connectivity index (χ4v) is 3.33. The average Bonchev–Trinajstić information content (AvgIpc) is 2.49. The van der Waals surface area contributed by atoms with E-state index < -0.39 is 6.08 Å². The smallest absolute Gasteiger partial charge is 0.174 e. The van der Waals surface area contributed by atoms with E-state index in [1.807, 2.05) is 0 Å². The first-order valence-corrected chi connectivity index (χ1v) is 8.30. The summed E-state index contributed by atoms with van der Waals surface area (Å²) in [5.74, 6) is 0.640. The number of hydrogen-bond donors (Lipinski definition) is 0. The molecule has 0 N–H and O–H groups in total. The van der Waals surface area contributed by atoms with Crippen molar-refractivity contribution in [2.24, 2.45) is 5.92 Å². The SMILES string of the molecule is CCCCCc1ccc(C2CCC(C=C(F)F)CC2)cc1. The molecule has 0 amide bonds. The molecule has 0 saturated heterocycles. The molecule has 1 aliphatic rings. The van der Waals surface area contributed by atoms with Crippen molar-refractivity contribution in [2.45, 2.75) is 64.2 Å². The molecular formula is C19H26F2. The van der Waals surface area contributed by atoms with Gasteiger partial charge in [-0.25, -0.2) is 0 Å². The molecule has 0 nitrogen and oxygen atoms in total. The highest BCUT2D eigenvalue weighted by Crippen LogP contribution is 2.36. The summed E-state index contributed by atoms with van der Waals surface area (Å²) in [7, 11) is 0. The topological polar surface area (TPSA) is 0 Å². The van der Waals surface area contributed by atoms with Crippen LogP contribution in [0.15, 0.2) is 36.4 Å². The predicted octanol–water partition coefficient (Wildman–Crippen LogP) is 6.47. The van der Waals surface area contributed by atoms with Gasteiger partial charge in [-0.3, -0.25) is 0 Å². The van der Waals surface area contributed by atoms with E-state index in [4.69, 9.17) is 0 Å². The van der Waals surface area contributed by atoms with Gasteiger partial charge in [-0.05, 0) is 67.6 Å². The molecule has 2 rings (SSSR count). The molecule has 1 aromatic rings. The van der Waals surface area contributed by atoms with Gasteiger partial charge in [0.05, 0.1) is 0 Å². The Bertz CT molecular complexity index is 435. The van der Waals surface area contributed by atoms with Gasteiger partial charge in [-0.2, -0.15) is 8.78 Å². The van der Waals surface area contributed by atoms with Gasteiger partial charge in [-0.1, -0.05) is 44.0 Å². The molecular weight excluding hydrogens is 266 g/mol. The van der Waals surface area contributed by atoms with Crippen LogP contribution in [0.25, 0.3) is 0 Å². The molecule has 1 fully saturated rings. The fourth-order valence-electron chi connectivity index (χ4n) is 3.33. The molecule has 0 aliphatic heterocycles. The first-order chi connectivity index (χ1) is 10.2. The Morgan fingerprint density at radius 3 is 2.29 bits per heavy atom. The van der Waals surface area contributed by atoms with Crippen LogP contribution in [-0.4, -0.2) is 0 Å². The van der Waals surface area contributed by atoms with Crippen molar-refractivity contribution in [1.29, 1.82) is 0 Å². The van der Waals surface area contributed by atoms with Crippen LogP contribution in [0.2, 0.25) is 0 Å². The molecule has 0 aromatic heterocycles. The summed E-state index contributed by atoms with van der Waals surface area (Å²) in [5, 5.41) is 0. The van der Waals surface area contributed by atoms with Crippen molar-refractivity contribution in [3.8, 4) is 0 Å². The standard InChI is InChI=1S/C19H26F2/c1-2-3-4-5-15-6-10-17(11-7-15)18-12-8-16(9-13-18)14-19(20)21/h6-7,10-11,14,16,18H,2-5,8-9,12-13H2,1H3. The van der Waals surface area contributed by atoms with Crippen LogP contribution < -0.4 is 0 Å². The number of rotatable bonds is 6. The van der Waals surface area contributed by atoms with Crippen LogP contribution in [0, 0.1) is 5.92 Å². The summed E-state index contributed by atoms with van der Waals surface area (Å²) < 4.78 is 24.5. The van der Waals surface area contributed by atoms with E-state index in [1.165, 1.54) is 36.8 Å². The molecule has 1 aliphatic carbocycles. The second kappa shape index (κ2) is 8.31. The highest BCUT2D eigenvalue weighted by Gasteiger charge is 2.21. The van der Waals surface area contributed by atoms with E-state index in [0.717, 1.165) is 31.8 Å². The van der Waals surface area contributed by atoms with Crippen molar-refractivity contribution < 1.29 is 8.78 Å². The van der Waals surface area contributed by atoms with Crippen LogP contribution in [0.5, 0.6) is 0 Å². The minimum atomic E-state index is -1.52. The highest BCUT2D eigenvalue weighted by molar-refractivity contribution is 5.26. The Balaban J connectivity index is 1.84. The minimum absolute atomic E-state index is 0.0829. The maximum Gasteiger partial charge on any atom is 0.266 e. The second-order valence-corrected chi connectivity index (χ2v) is 6.27. The second-order valence-electron chi connectivity index (χ2n) is 6.27. The number of hydrogen-bond acceptors (Lipinski definition) is 0. The number of aryl methyl sites for hydroxylation is 1. The molecule has 0 heterocycles. The Morgan fingerprint density at radius 2 is 1.71 bits per heavy atom. The van der Waals surface area contributed by atoms with Crippen molar-refractivity contribution in [3.63, 3.8) is 0 Å². The number of unbranched alkanes of at least 4 members (excludes halogenated alkanes) is 2. The number of benzene rings is 1. The van der Waals surface area contributed by atoms with E-state index in [9.17, 15) is 8.78 Å². The van der Waals surface area contributed by atoms with Crippen LogP contribution >= 0.6 is 0 Å². The van der Waals surface area contributed by atoms with Gasteiger partial charge in [-0.15, -0.1) is 0 Å². The lowest BCUT2D eigenvalue weighted by atomic mass is 9.78. The molecule has 0 bridgehead atoms. The molecule has 0 atom stereocenters. The van der Waals surface area contributed by atoms with Crippen molar-refractivity contribution >= 4 is 0 Å². The summed E-state index contributed by atoms with van der Waals surface area (Å²) in [6, 6.07) is 8.99. The van der Waals surface area contributed by atoms with Gasteiger partial charge in [0.25, 0.3) is 6.08 Å². The van der Waals surface area contributed by atoms with Crippen LogP contribution in [0.1, 0.15) is 68.9 Å². The zero-order valence-electron chi connectivity index (χ0n) is 13.0. The van der Waals surface area contributed by atoms with Gasteiger partial charge < -0.3 is 0 Å². The maximum absolute atomic E-state index is 12.3. The van der Waals surface area contributed by atoms with Gasteiger partial charge in [0.1, 0.15) is 0 Å². The highest BCUT2D eigenvalue weighted by atomic mass is 19.3. The third-order valence-corrected chi connectivity index (χ3v) is 4.65. The third-order valence-electron chi connectivity index (χ3n) is 4.65. The summed E-state index contributed by atoms with van der Waals surface area (Å²) in [6.07, 6.45) is 8.46. The average molecular weight is 292 g/mol. The monoisotopic (exact) mass is 292 g/mol. The molecule has 1 aromatic carbocycles. The van der Waals surface area contributed by atoms with Crippen LogP contribution in [0.3, 0.4) is 0 Å². The lowest BCUT2D eigenvalue weighted by Gasteiger charge is -2.27. The Labute approximate surface area is 127 Å². The minimum Gasteiger partial charge on any atom is -0.174 e. The third kappa shape index (κ3) is 5.26. The van der Waals surface area contributed by atoms with Gasteiger partial charge >= 0.3 is 0 Å². The van der Waals surface area contributed by atoms with Gasteiger partial charge in [0, 0.05) is 0 Å². The van der Waals surface area contributed by atoms with E-state index >= 15 is 0 Å². The van der Waals surface area contributed by atoms with Crippen molar-refractivity contribution in [2.75, 3.05) is 0 Å². The Kier molecular flexibility index (Phi) is 6.41. The van der Waals surface area contributed by atoms with Crippen molar-refractivity contribution in [3.05, 3.63) is 47.5 Å². The summed E-state index contributed by atoms with van der Waals surface area (Å²) in [5.41, 5.74) is 2.81. The molecule has 0 spiro atoms. The predicted molar refractivity (Wildman–Crippen MR) is 84.7 cm³/mol. The first-order valence-electron chi connectivity index (χ1n) is 8.30.